The molecule has 1 heterocycles. The zero-order valence-electron chi connectivity index (χ0n) is 12.3. The van der Waals surface area contributed by atoms with Crippen LogP contribution in [-0.4, -0.2) is 11.7 Å². The van der Waals surface area contributed by atoms with Crippen LogP contribution in [0.1, 0.15) is 22.4 Å². The van der Waals surface area contributed by atoms with E-state index in [2.05, 4.69) is 11.4 Å². The monoisotopic (exact) mass is 350 g/mol. The zero-order chi connectivity index (χ0) is 16.1. The molecule has 0 saturated carbocycles. The molecule has 6 heteroatoms. The highest BCUT2D eigenvalue weighted by Crippen LogP contribution is 2.31. The van der Waals surface area contributed by atoms with Gasteiger partial charge >= 0.3 is 0 Å². The third-order valence-electron chi connectivity index (χ3n) is 3.16. The van der Waals surface area contributed by atoms with Crippen molar-refractivity contribution in [3.63, 3.8) is 0 Å². The van der Waals surface area contributed by atoms with E-state index in [0.29, 0.717) is 27.8 Å². The van der Waals surface area contributed by atoms with Crippen molar-refractivity contribution in [3.05, 3.63) is 45.3 Å². The Balaban J connectivity index is 1.87. The first-order valence-corrected chi connectivity index (χ1v) is 8.87. The van der Waals surface area contributed by atoms with Crippen LogP contribution in [0.2, 0.25) is 5.02 Å². The molecular weight excluding hydrogens is 336 g/mol. The van der Waals surface area contributed by atoms with Crippen LogP contribution in [0.15, 0.2) is 29.2 Å². The smallest absolute Gasteiger partial charge is 0.225 e. The largest absolute Gasteiger partial charge is 0.317 e. The number of hydrogen-bond acceptors (Lipinski definition) is 4. The van der Waals surface area contributed by atoms with E-state index in [9.17, 15) is 4.79 Å². The molecule has 0 aliphatic heterocycles. The number of benzene rings is 1. The van der Waals surface area contributed by atoms with Gasteiger partial charge in [-0.2, -0.15) is 5.26 Å². The molecule has 114 valence electrons. The van der Waals surface area contributed by atoms with Gasteiger partial charge in [0.2, 0.25) is 5.91 Å². The van der Waals surface area contributed by atoms with Crippen LogP contribution in [0, 0.1) is 25.2 Å². The standard InChI is InChI=1S/C16H15ClN2OS2/c1-10-11(2)22-16(14(10)9-18)19-15(20)7-8-21-13-5-3-12(17)4-6-13/h3-6H,7-8H2,1-2H3,(H,19,20). The first-order chi connectivity index (χ1) is 10.5. The van der Waals surface area contributed by atoms with Crippen LogP contribution < -0.4 is 5.32 Å². The number of rotatable bonds is 5. The van der Waals surface area contributed by atoms with Crippen LogP contribution in [0.25, 0.3) is 0 Å². The van der Waals surface area contributed by atoms with E-state index in [-0.39, 0.29) is 5.91 Å². The number of aryl methyl sites for hydroxylation is 1. The van der Waals surface area contributed by atoms with Crippen molar-refractivity contribution in [1.82, 2.24) is 0 Å². The lowest BCUT2D eigenvalue weighted by atomic mass is 10.2. The van der Waals surface area contributed by atoms with Gasteiger partial charge in [-0.3, -0.25) is 4.79 Å². The highest BCUT2D eigenvalue weighted by atomic mass is 35.5. The fraction of sp³-hybridized carbons (Fsp3) is 0.250. The first kappa shape index (κ1) is 16.9. The zero-order valence-corrected chi connectivity index (χ0v) is 14.7. The van der Waals surface area contributed by atoms with Gasteiger partial charge in [-0.05, 0) is 43.7 Å². The number of hydrogen-bond donors (Lipinski definition) is 1. The maximum atomic E-state index is 12.0. The van der Waals surface area contributed by atoms with Crippen molar-refractivity contribution < 1.29 is 4.79 Å². The van der Waals surface area contributed by atoms with Gasteiger partial charge < -0.3 is 5.32 Å². The fourth-order valence-corrected chi connectivity index (χ4v) is 3.84. The fourth-order valence-electron chi connectivity index (χ4n) is 1.83. The van der Waals surface area contributed by atoms with Gasteiger partial charge in [-0.25, -0.2) is 0 Å². The maximum absolute atomic E-state index is 12.0. The van der Waals surface area contributed by atoms with E-state index in [1.165, 1.54) is 11.3 Å². The van der Waals surface area contributed by atoms with E-state index in [0.717, 1.165) is 15.3 Å². The van der Waals surface area contributed by atoms with Crippen molar-refractivity contribution in [2.45, 2.75) is 25.2 Å². The summed E-state index contributed by atoms with van der Waals surface area (Å²) in [6.07, 6.45) is 0.397. The summed E-state index contributed by atoms with van der Waals surface area (Å²) in [5.74, 6) is 0.609. The van der Waals surface area contributed by atoms with Crippen LogP contribution in [-0.2, 0) is 4.79 Å². The molecule has 0 aliphatic rings. The predicted octanol–water partition coefficient (Wildman–Crippen LogP) is 5.01. The minimum Gasteiger partial charge on any atom is -0.317 e. The van der Waals surface area contributed by atoms with Crippen molar-refractivity contribution in [1.29, 1.82) is 5.26 Å². The second kappa shape index (κ2) is 7.68. The highest BCUT2D eigenvalue weighted by molar-refractivity contribution is 7.99. The Morgan fingerprint density at radius 1 is 1.36 bits per heavy atom. The molecule has 22 heavy (non-hydrogen) atoms. The molecule has 3 nitrogen and oxygen atoms in total. The molecule has 1 aromatic carbocycles. The molecular formula is C16H15ClN2OS2. The molecule has 0 aliphatic carbocycles. The third-order valence-corrected chi connectivity index (χ3v) is 5.55. The quantitative estimate of drug-likeness (QED) is 0.771. The lowest BCUT2D eigenvalue weighted by Crippen LogP contribution is -2.12. The van der Waals surface area contributed by atoms with Crippen LogP contribution in [0.5, 0.6) is 0 Å². The summed E-state index contributed by atoms with van der Waals surface area (Å²) in [5, 5.41) is 13.4. The van der Waals surface area contributed by atoms with E-state index in [1.54, 1.807) is 11.8 Å². The maximum Gasteiger partial charge on any atom is 0.225 e. The molecule has 2 aromatic rings. The van der Waals surface area contributed by atoms with Gasteiger partial charge in [0.05, 0.1) is 5.56 Å². The summed E-state index contributed by atoms with van der Waals surface area (Å²) < 4.78 is 0. The van der Waals surface area contributed by atoms with Crippen molar-refractivity contribution in [2.75, 3.05) is 11.1 Å². The summed E-state index contributed by atoms with van der Waals surface area (Å²) >= 11 is 8.89. The number of nitrogens with zero attached hydrogens (tertiary/aromatic N) is 1. The van der Waals surface area contributed by atoms with Crippen molar-refractivity contribution >= 4 is 45.6 Å². The Labute approximate surface area is 143 Å². The van der Waals surface area contributed by atoms with E-state index in [1.807, 2.05) is 38.1 Å². The Bertz CT molecular complexity index is 717. The number of amides is 1. The molecule has 0 radical (unpaired) electrons. The number of carbonyl (C=O) groups excluding carboxylic acids is 1. The summed E-state index contributed by atoms with van der Waals surface area (Å²) in [6.45, 7) is 3.85. The minimum absolute atomic E-state index is 0.0702. The molecule has 1 amide bonds. The Hall–Kier alpha value is -1.48. The van der Waals surface area contributed by atoms with Gasteiger partial charge in [-0.1, -0.05) is 11.6 Å². The molecule has 2 rings (SSSR count). The topological polar surface area (TPSA) is 52.9 Å². The van der Waals surface area contributed by atoms with Crippen molar-refractivity contribution in [3.8, 4) is 6.07 Å². The molecule has 0 atom stereocenters. The first-order valence-electron chi connectivity index (χ1n) is 6.69. The Morgan fingerprint density at radius 2 is 2.05 bits per heavy atom. The SMILES string of the molecule is Cc1sc(NC(=O)CCSc2ccc(Cl)cc2)c(C#N)c1C. The lowest BCUT2D eigenvalue weighted by Gasteiger charge is -2.04. The number of thioether (sulfide) groups is 1. The number of nitriles is 1. The minimum atomic E-state index is -0.0702. The average molecular weight is 351 g/mol. The Morgan fingerprint density at radius 3 is 2.68 bits per heavy atom. The number of carbonyl (C=O) groups is 1. The van der Waals surface area contributed by atoms with E-state index >= 15 is 0 Å². The number of halogens is 1. The summed E-state index contributed by atoms with van der Waals surface area (Å²) in [5.41, 5.74) is 1.51. The number of nitrogens with one attached hydrogen (secondary N) is 1. The predicted molar refractivity (Wildman–Crippen MR) is 93.9 cm³/mol. The summed E-state index contributed by atoms with van der Waals surface area (Å²) in [7, 11) is 0. The number of anilines is 1. The van der Waals surface area contributed by atoms with Gasteiger partial charge in [0.15, 0.2) is 0 Å². The summed E-state index contributed by atoms with van der Waals surface area (Å²) in [4.78, 5) is 14.1. The van der Waals surface area contributed by atoms with Gasteiger partial charge in [0, 0.05) is 27.0 Å². The lowest BCUT2D eigenvalue weighted by molar-refractivity contribution is -0.115. The average Bonchev–Trinajstić information content (AvgIpc) is 2.75. The van der Waals surface area contributed by atoms with Crippen LogP contribution in [0.4, 0.5) is 5.00 Å². The van der Waals surface area contributed by atoms with Crippen LogP contribution in [0.3, 0.4) is 0 Å². The van der Waals surface area contributed by atoms with E-state index < -0.39 is 0 Å². The molecule has 0 spiro atoms. The second-order valence-electron chi connectivity index (χ2n) is 4.70. The number of thiophene rings is 1. The molecule has 0 saturated heterocycles. The molecule has 0 fully saturated rings. The molecule has 0 bridgehead atoms. The molecule has 0 unspecified atom stereocenters. The Kier molecular flexibility index (Phi) is 5.90. The molecule has 1 N–H and O–H groups in total. The molecule has 1 aromatic heterocycles. The third kappa shape index (κ3) is 4.26. The van der Waals surface area contributed by atoms with Crippen LogP contribution >= 0.6 is 34.7 Å². The van der Waals surface area contributed by atoms with Crippen molar-refractivity contribution in [2.24, 2.45) is 0 Å². The van der Waals surface area contributed by atoms with Gasteiger partial charge in [0.1, 0.15) is 11.1 Å². The second-order valence-corrected chi connectivity index (χ2v) is 7.53. The summed E-state index contributed by atoms with van der Waals surface area (Å²) in [6, 6.07) is 9.69. The van der Waals surface area contributed by atoms with Gasteiger partial charge in [0.25, 0.3) is 0 Å². The highest BCUT2D eigenvalue weighted by Gasteiger charge is 2.14. The van der Waals surface area contributed by atoms with E-state index in [4.69, 9.17) is 16.9 Å². The normalized spacial score (nSPS) is 10.3. The van der Waals surface area contributed by atoms with Gasteiger partial charge in [-0.15, -0.1) is 23.1 Å².